The maximum Gasteiger partial charge on any atom is 0.209 e. The van der Waals surface area contributed by atoms with Crippen LogP contribution in [0.4, 0.5) is 0 Å². The van der Waals surface area contributed by atoms with Gasteiger partial charge in [0, 0.05) is 5.92 Å². The molecule has 0 aromatic heterocycles. The Morgan fingerprint density at radius 2 is 2.11 bits per heavy atom. The molecule has 1 heterocycles. The maximum atomic E-state index is 4.99. The van der Waals surface area contributed by atoms with Gasteiger partial charge in [-0.25, -0.2) is 0 Å². The van der Waals surface area contributed by atoms with Gasteiger partial charge in [-0.2, -0.15) is 0 Å². The van der Waals surface area contributed by atoms with E-state index in [2.05, 4.69) is 6.92 Å². The van der Waals surface area contributed by atoms with Crippen molar-refractivity contribution in [2.45, 2.75) is 19.8 Å². The Kier molecular flexibility index (Phi) is 3.01. The lowest BCUT2D eigenvalue weighted by Gasteiger charge is -2.20. The van der Waals surface area contributed by atoms with Crippen LogP contribution in [0.3, 0.4) is 0 Å². The van der Waals surface area contributed by atoms with Crippen LogP contribution in [0.15, 0.2) is 0 Å². The summed E-state index contributed by atoms with van der Waals surface area (Å²) in [6, 6.07) is 0. The molecule has 0 aromatic carbocycles. The molecule has 1 fully saturated rings. The molecule has 1 radical (unpaired) electrons. The monoisotopic (exact) mass is 129 g/mol. The van der Waals surface area contributed by atoms with Gasteiger partial charge in [0.25, 0.3) is 0 Å². The molecular formula is C7H13O2. The molecule has 1 aliphatic heterocycles. The van der Waals surface area contributed by atoms with Gasteiger partial charge < -0.3 is 9.47 Å². The highest BCUT2D eigenvalue weighted by atomic mass is 16.7. The number of ether oxygens (including phenoxy) is 2. The molecule has 0 N–H and O–H groups in total. The molecule has 9 heavy (non-hydrogen) atoms. The van der Waals surface area contributed by atoms with Crippen LogP contribution in [0.1, 0.15) is 19.8 Å². The lowest BCUT2D eigenvalue weighted by Crippen LogP contribution is -2.20. The zero-order valence-electron chi connectivity index (χ0n) is 5.80. The highest BCUT2D eigenvalue weighted by Gasteiger charge is 2.12. The zero-order chi connectivity index (χ0) is 6.53. The van der Waals surface area contributed by atoms with E-state index in [0.29, 0.717) is 5.92 Å². The third-order valence-corrected chi connectivity index (χ3v) is 1.50. The van der Waals surface area contributed by atoms with Crippen LogP contribution >= 0.6 is 0 Å². The van der Waals surface area contributed by atoms with Gasteiger partial charge in [0.1, 0.15) is 0 Å². The quantitative estimate of drug-likeness (QED) is 0.563. The van der Waals surface area contributed by atoms with Gasteiger partial charge in [0.2, 0.25) is 6.79 Å². The van der Waals surface area contributed by atoms with Gasteiger partial charge in [0.05, 0.1) is 13.2 Å². The molecular weight excluding hydrogens is 116 g/mol. The van der Waals surface area contributed by atoms with Crippen LogP contribution in [0.5, 0.6) is 0 Å². The first-order valence-corrected chi connectivity index (χ1v) is 3.48. The van der Waals surface area contributed by atoms with E-state index >= 15 is 0 Å². The van der Waals surface area contributed by atoms with Crippen molar-refractivity contribution in [3.05, 3.63) is 6.79 Å². The zero-order valence-corrected chi connectivity index (χ0v) is 5.80. The molecule has 1 saturated heterocycles. The van der Waals surface area contributed by atoms with E-state index in [1.165, 1.54) is 19.6 Å². The smallest absolute Gasteiger partial charge is 0.209 e. The normalized spacial score (nSPS) is 22.3. The van der Waals surface area contributed by atoms with E-state index in [1.807, 2.05) is 0 Å². The SMILES string of the molecule is CCCC1CO[CH]OC1. The van der Waals surface area contributed by atoms with Gasteiger partial charge >= 0.3 is 0 Å². The van der Waals surface area contributed by atoms with Crippen molar-refractivity contribution < 1.29 is 9.47 Å². The molecule has 1 rings (SSSR count). The maximum absolute atomic E-state index is 4.99. The molecule has 1 aliphatic rings. The predicted molar refractivity (Wildman–Crippen MR) is 34.6 cm³/mol. The highest BCUT2D eigenvalue weighted by Crippen LogP contribution is 2.12. The molecule has 2 nitrogen and oxygen atoms in total. The van der Waals surface area contributed by atoms with Crippen molar-refractivity contribution in [3.8, 4) is 0 Å². The average molecular weight is 129 g/mol. The summed E-state index contributed by atoms with van der Waals surface area (Å²) in [5, 5.41) is 0. The Hall–Kier alpha value is -0.0800. The van der Waals surface area contributed by atoms with Gasteiger partial charge in [-0.1, -0.05) is 13.3 Å². The van der Waals surface area contributed by atoms with Crippen LogP contribution in [0.25, 0.3) is 0 Å². The largest absolute Gasteiger partial charge is 0.348 e. The molecule has 0 bridgehead atoms. The molecule has 0 aromatic rings. The summed E-state index contributed by atoms with van der Waals surface area (Å²) >= 11 is 0. The minimum absolute atomic E-state index is 0.625. The predicted octanol–water partition coefficient (Wildman–Crippen LogP) is 1.57. The first-order valence-electron chi connectivity index (χ1n) is 3.48. The lowest BCUT2D eigenvalue weighted by atomic mass is 10.1. The minimum atomic E-state index is 0.625. The summed E-state index contributed by atoms with van der Waals surface area (Å²) in [7, 11) is 0. The second-order valence-corrected chi connectivity index (χ2v) is 2.42. The van der Waals surface area contributed by atoms with Gasteiger partial charge in [-0.05, 0) is 6.42 Å². The van der Waals surface area contributed by atoms with Crippen molar-refractivity contribution >= 4 is 0 Å². The molecule has 0 atom stereocenters. The first kappa shape index (κ1) is 7.03. The van der Waals surface area contributed by atoms with Crippen molar-refractivity contribution in [2.24, 2.45) is 5.92 Å². The Bertz CT molecular complexity index is 64.6. The van der Waals surface area contributed by atoms with Crippen LogP contribution in [0, 0.1) is 12.7 Å². The first-order chi connectivity index (χ1) is 4.43. The third kappa shape index (κ3) is 2.33. The van der Waals surface area contributed by atoms with Gasteiger partial charge in [0.15, 0.2) is 0 Å². The fourth-order valence-electron chi connectivity index (χ4n) is 1.02. The van der Waals surface area contributed by atoms with E-state index in [0.717, 1.165) is 13.2 Å². The van der Waals surface area contributed by atoms with Crippen molar-refractivity contribution in [1.82, 2.24) is 0 Å². The molecule has 0 unspecified atom stereocenters. The summed E-state index contributed by atoms with van der Waals surface area (Å²) < 4.78 is 9.97. The highest BCUT2D eigenvalue weighted by molar-refractivity contribution is 4.60. The lowest BCUT2D eigenvalue weighted by molar-refractivity contribution is -0.0647. The fraction of sp³-hybridized carbons (Fsp3) is 0.857. The number of rotatable bonds is 2. The average Bonchev–Trinajstić information content (AvgIpc) is 1.91. The Labute approximate surface area is 56.2 Å². The summed E-state index contributed by atoms with van der Waals surface area (Å²) in [6.45, 7) is 5.30. The van der Waals surface area contributed by atoms with Crippen LogP contribution in [-0.4, -0.2) is 13.2 Å². The second-order valence-electron chi connectivity index (χ2n) is 2.42. The van der Waals surface area contributed by atoms with Gasteiger partial charge in [-0.3, -0.25) is 0 Å². The van der Waals surface area contributed by atoms with E-state index in [-0.39, 0.29) is 0 Å². The van der Waals surface area contributed by atoms with Crippen LogP contribution in [-0.2, 0) is 9.47 Å². The van der Waals surface area contributed by atoms with Crippen molar-refractivity contribution in [1.29, 1.82) is 0 Å². The van der Waals surface area contributed by atoms with E-state index < -0.39 is 0 Å². The Morgan fingerprint density at radius 1 is 1.44 bits per heavy atom. The summed E-state index contributed by atoms with van der Waals surface area (Å²) in [5.74, 6) is 0.625. The third-order valence-electron chi connectivity index (χ3n) is 1.50. The van der Waals surface area contributed by atoms with E-state index in [1.54, 1.807) is 0 Å². The molecule has 53 valence electrons. The molecule has 0 spiro atoms. The topological polar surface area (TPSA) is 18.5 Å². The Morgan fingerprint density at radius 3 is 2.67 bits per heavy atom. The summed E-state index contributed by atoms with van der Waals surface area (Å²) in [6.07, 6.45) is 2.44. The van der Waals surface area contributed by atoms with Gasteiger partial charge in [-0.15, -0.1) is 0 Å². The number of hydrogen-bond donors (Lipinski definition) is 0. The fourth-order valence-corrected chi connectivity index (χ4v) is 1.02. The minimum Gasteiger partial charge on any atom is -0.348 e. The van der Waals surface area contributed by atoms with Crippen molar-refractivity contribution in [2.75, 3.05) is 13.2 Å². The van der Waals surface area contributed by atoms with Crippen LogP contribution < -0.4 is 0 Å². The molecule has 0 saturated carbocycles. The summed E-state index contributed by atoms with van der Waals surface area (Å²) in [4.78, 5) is 0. The second kappa shape index (κ2) is 3.85. The standard InChI is InChI=1S/C7H13O2/c1-2-3-7-4-8-6-9-5-7/h6-7H,2-5H2,1H3. The summed E-state index contributed by atoms with van der Waals surface area (Å²) in [5.41, 5.74) is 0. The van der Waals surface area contributed by atoms with E-state index in [9.17, 15) is 0 Å². The number of hydrogen-bond acceptors (Lipinski definition) is 2. The Balaban J connectivity index is 2.08. The molecule has 0 aliphatic carbocycles. The van der Waals surface area contributed by atoms with Crippen molar-refractivity contribution in [3.63, 3.8) is 0 Å². The van der Waals surface area contributed by atoms with E-state index in [4.69, 9.17) is 9.47 Å². The molecule has 2 heteroatoms. The van der Waals surface area contributed by atoms with Crippen LogP contribution in [0.2, 0.25) is 0 Å². The molecule has 0 amide bonds.